The minimum Gasteiger partial charge on any atom is -0.339 e. The predicted octanol–water partition coefficient (Wildman–Crippen LogP) is 4.66. The first-order chi connectivity index (χ1) is 12.1. The lowest BCUT2D eigenvalue weighted by Gasteiger charge is -2.31. The summed E-state index contributed by atoms with van der Waals surface area (Å²) in [6, 6.07) is 6.18. The van der Waals surface area contributed by atoms with Gasteiger partial charge in [-0.15, -0.1) is 11.3 Å². The minimum absolute atomic E-state index is 0.0309. The van der Waals surface area contributed by atoms with Crippen molar-refractivity contribution in [2.75, 3.05) is 7.05 Å². The van der Waals surface area contributed by atoms with Gasteiger partial charge in [-0.2, -0.15) is 0 Å². The Balaban J connectivity index is 1.79. The molecule has 6 heteroatoms. The molecule has 1 aliphatic rings. The molecule has 0 N–H and O–H groups in total. The molecule has 0 radical (unpaired) electrons. The molecule has 0 aliphatic heterocycles. The molecule has 0 spiro atoms. The van der Waals surface area contributed by atoms with Crippen molar-refractivity contribution in [2.45, 2.75) is 45.1 Å². The molecular weight excluding hydrogens is 334 g/mol. The Morgan fingerprint density at radius 1 is 1.32 bits per heavy atom. The van der Waals surface area contributed by atoms with Crippen molar-refractivity contribution in [2.24, 2.45) is 0 Å². The summed E-state index contributed by atoms with van der Waals surface area (Å²) in [6.07, 6.45) is 5.82. The van der Waals surface area contributed by atoms with E-state index in [9.17, 15) is 4.79 Å². The molecule has 25 heavy (non-hydrogen) atoms. The Morgan fingerprint density at radius 3 is 2.84 bits per heavy atom. The van der Waals surface area contributed by atoms with E-state index in [1.807, 2.05) is 42.5 Å². The lowest BCUT2D eigenvalue weighted by molar-refractivity contribution is 0.0698. The monoisotopic (exact) mass is 355 g/mol. The predicted molar refractivity (Wildman–Crippen MR) is 98.8 cm³/mol. The number of hydrogen-bond acceptors (Lipinski definition) is 5. The molecule has 0 unspecified atom stereocenters. The lowest BCUT2D eigenvalue weighted by Crippen LogP contribution is -2.38. The first-order valence-corrected chi connectivity index (χ1v) is 9.61. The third kappa shape index (κ3) is 2.95. The van der Waals surface area contributed by atoms with Crippen molar-refractivity contribution in [3.8, 4) is 10.6 Å². The van der Waals surface area contributed by atoms with Gasteiger partial charge in [0.25, 0.3) is 11.6 Å². The fourth-order valence-corrected chi connectivity index (χ4v) is 4.32. The first kappa shape index (κ1) is 16.3. The Hall–Kier alpha value is -2.21. The van der Waals surface area contributed by atoms with E-state index in [0.717, 1.165) is 28.8 Å². The SMILES string of the molecule is Cc1noc2nc(-c3cccs3)cc(C(=O)N(C)C3CCCCC3)c12. The number of rotatable bonds is 3. The number of carbonyl (C=O) groups excluding carboxylic acids is 1. The average molecular weight is 355 g/mol. The molecule has 0 atom stereocenters. The van der Waals surface area contributed by atoms with Crippen LogP contribution in [0.3, 0.4) is 0 Å². The van der Waals surface area contributed by atoms with Crippen LogP contribution in [0.25, 0.3) is 21.7 Å². The molecule has 0 saturated heterocycles. The summed E-state index contributed by atoms with van der Waals surface area (Å²) in [7, 11) is 1.91. The molecule has 0 bridgehead atoms. The van der Waals surface area contributed by atoms with Gasteiger partial charge in [0, 0.05) is 13.1 Å². The van der Waals surface area contributed by atoms with Crippen molar-refractivity contribution in [1.29, 1.82) is 0 Å². The van der Waals surface area contributed by atoms with E-state index in [4.69, 9.17) is 4.52 Å². The number of fused-ring (bicyclic) bond motifs is 1. The number of carbonyl (C=O) groups is 1. The third-order valence-electron chi connectivity index (χ3n) is 5.06. The van der Waals surface area contributed by atoms with Gasteiger partial charge in [0.1, 0.15) is 0 Å². The van der Waals surface area contributed by atoms with Gasteiger partial charge >= 0.3 is 0 Å². The summed E-state index contributed by atoms with van der Waals surface area (Å²) in [5.41, 5.74) is 2.55. The van der Waals surface area contributed by atoms with Gasteiger partial charge in [-0.3, -0.25) is 4.79 Å². The van der Waals surface area contributed by atoms with Gasteiger partial charge in [-0.1, -0.05) is 30.5 Å². The van der Waals surface area contributed by atoms with Gasteiger partial charge in [-0.05, 0) is 37.3 Å². The highest BCUT2D eigenvalue weighted by molar-refractivity contribution is 7.13. The summed E-state index contributed by atoms with van der Waals surface area (Å²) in [5.74, 6) is 0.0309. The molecule has 1 fully saturated rings. The van der Waals surface area contributed by atoms with Crippen LogP contribution in [0, 0.1) is 6.92 Å². The maximum absolute atomic E-state index is 13.3. The standard InChI is InChI=1S/C19H21N3O2S/c1-12-17-14(19(23)22(2)13-7-4-3-5-8-13)11-15(16-9-6-10-25-16)20-18(17)24-21-12/h6,9-11,13H,3-5,7-8H2,1-2H3. The van der Waals surface area contributed by atoms with Crippen LogP contribution in [0.4, 0.5) is 0 Å². The second-order valence-corrected chi connectivity index (χ2v) is 7.64. The smallest absolute Gasteiger partial charge is 0.259 e. The maximum atomic E-state index is 13.3. The second kappa shape index (κ2) is 6.59. The number of pyridine rings is 1. The van der Waals surface area contributed by atoms with Gasteiger partial charge < -0.3 is 9.42 Å². The zero-order valence-electron chi connectivity index (χ0n) is 14.5. The van der Waals surface area contributed by atoms with Crippen LogP contribution < -0.4 is 0 Å². The molecule has 130 valence electrons. The lowest BCUT2D eigenvalue weighted by atomic mass is 9.94. The van der Waals surface area contributed by atoms with Crippen LogP contribution >= 0.6 is 11.3 Å². The largest absolute Gasteiger partial charge is 0.339 e. The minimum atomic E-state index is 0.0309. The quantitative estimate of drug-likeness (QED) is 0.685. The van der Waals surface area contributed by atoms with Crippen molar-refractivity contribution < 1.29 is 9.32 Å². The maximum Gasteiger partial charge on any atom is 0.259 e. The number of thiophene rings is 1. The fourth-order valence-electron chi connectivity index (χ4n) is 3.64. The van der Waals surface area contributed by atoms with Gasteiger partial charge in [0.2, 0.25) is 0 Å². The van der Waals surface area contributed by atoms with E-state index in [-0.39, 0.29) is 5.91 Å². The molecule has 1 aliphatic carbocycles. The third-order valence-corrected chi connectivity index (χ3v) is 5.96. The summed E-state index contributed by atoms with van der Waals surface area (Å²) in [6.45, 7) is 1.86. The number of amides is 1. The topological polar surface area (TPSA) is 59.2 Å². The highest BCUT2D eigenvalue weighted by atomic mass is 32.1. The molecule has 1 amide bonds. The van der Waals surface area contributed by atoms with E-state index < -0.39 is 0 Å². The number of hydrogen-bond donors (Lipinski definition) is 0. The Morgan fingerprint density at radius 2 is 2.12 bits per heavy atom. The summed E-state index contributed by atoms with van der Waals surface area (Å²) >= 11 is 1.60. The van der Waals surface area contributed by atoms with Crippen LogP contribution in [0.1, 0.15) is 48.2 Å². The Bertz CT molecular complexity index is 895. The fraction of sp³-hybridized carbons (Fsp3) is 0.421. The van der Waals surface area contributed by atoms with Gasteiger partial charge in [0.05, 0.1) is 27.2 Å². The zero-order valence-corrected chi connectivity index (χ0v) is 15.3. The van der Waals surface area contributed by atoms with E-state index >= 15 is 0 Å². The molecule has 1 saturated carbocycles. The van der Waals surface area contributed by atoms with Crippen LogP contribution in [0.5, 0.6) is 0 Å². The van der Waals surface area contributed by atoms with E-state index in [2.05, 4.69) is 10.1 Å². The molecule has 3 heterocycles. The Labute approximate surface area is 150 Å². The number of aromatic nitrogens is 2. The summed E-state index contributed by atoms with van der Waals surface area (Å²) in [4.78, 5) is 20.7. The van der Waals surface area contributed by atoms with Crippen LogP contribution in [-0.4, -0.2) is 34.0 Å². The summed E-state index contributed by atoms with van der Waals surface area (Å²) in [5, 5.41) is 6.76. The highest BCUT2D eigenvalue weighted by Crippen LogP contribution is 2.31. The molecular formula is C19H21N3O2S. The van der Waals surface area contributed by atoms with E-state index in [0.29, 0.717) is 23.0 Å². The molecule has 0 aromatic carbocycles. The molecule has 4 rings (SSSR count). The normalized spacial score (nSPS) is 15.6. The van der Waals surface area contributed by atoms with Crippen molar-refractivity contribution in [3.63, 3.8) is 0 Å². The summed E-state index contributed by atoms with van der Waals surface area (Å²) < 4.78 is 5.38. The van der Waals surface area contributed by atoms with Crippen LogP contribution in [0.2, 0.25) is 0 Å². The van der Waals surface area contributed by atoms with Crippen LogP contribution in [-0.2, 0) is 0 Å². The van der Waals surface area contributed by atoms with E-state index in [1.54, 1.807) is 11.3 Å². The average Bonchev–Trinajstić information content (AvgIpc) is 3.31. The highest BCUT2D eigenvalue weighted by Gasteiger charge is 2.27. The molecule has 5 nitrogen and oxygen atoms in total. The van der Waals surface area contributed by atoms with Crippen molar-refractivity contribution in [1.82, 2.24) is 15.0 Å². The van der Waals surface area contributed by atoms with Crippen molar-refractivity contribution in [3.05, 3.63) is 34.8 Å². The molecule has 3 aromatic rings. The number of aryl methyl sites for hydroxylation is 1. The second-order valence-electron chi connectivity index (χ2n) is 6.69. The van der Waals surface area contributed by atoms with Gasteiger partial charge in [-0.25, -0.2) is 4.98 Å². The van der Waals surface area contributed by atoms with Crippen molar-refractivity contribution >= 4 is 28.3 Å². The van der Waals surface area contributed by atoms with E-state index in [1.165, 1.54) is 19.3 Å². The molecule has 3 aromatic heterocycles. The first-order valence-electron chi connectivity index (χ1n) is 8.73. The Kier molecular flexibility index (Phi) is 4.29. The van der Waals surface area contributed by atoms with Crippen LogP contribution in [0.15, 0.2) is 28.1 Å². The zero-order chi connectivity index (χ0) is 17.4. The van der Waals surface area contributed by atoms with Gasteiger partial charge in [0.15, 0.2) is 0 Å². The number of nitrogens with zero attached hydrogens (tertiary/aromatic N) is 3.